The number of alkyl halides is 2. The molecule has 1 aliphatic heterocycles. The number of likely N-dealkylation sites (tertiary alicyclic amines) is 1. The van der Waals surface area contributed by atoms with Crippen LogP contribution in [0.15, 0.2) is 24.3 Å². The predicted octanol–water partition coefficient (Wildman–Crippen LogP) is 2.00. The summed E-state index contributed by atoms with van der Waals surface area (Å²) < 4.78 is 29.7. The first-order valence-corrected chi connectivity index (χ1v) is 8.62. The first-order chi connectivity index (χ1) is 11.9. The molecule has 7 heteroatoms. The number of para-hydroxylation sites is 1. The molecule has 1 aromatic rings. The van der Waals surface area contributed by atoms with Crippen LogP contribution in [0.5, 0.6) is 5.75 Å². The molecule has 2 fully saturated rings. The highest BCUT2D eigenvalue weighted by atomic mass is 19.3. The maximum Gasteiger partial charge on any atom is 0.387 e. The number of aliphatic hydroxyl groups excluding tert-OH is 1. The number of halogens is 2. The lowest BCUT2D eigenvalue weighted by atomic mass is 9.77. The molecule has 1 aromatic carbocycles. The molecule has 0 aromatic heterocycles. The summed E-state index contributed by atoms with van der Waals surface area (Å²) in [6, 6.07) is 6.65. The zero-order chi connectivity index (χ0) is 18.0. The van der Waals surface area contributed by atoms with Crippen LogP contribution in [-0.2, 0) is 11.3 Å². The number of fused-ring (bicyclic) bond motifs is 1. The number of hydrogen-bond donors (Lipinski definition) is 2. The van der Waals surface area contributed by atoms with Crippen LogP contribution in [-0.4, -0.2) is 47.8 Å². The van der Waals surface area contributed by atoms with E-state index in [4.69, 9.17) is 0 Å². The lowest BCUT2D eigenvalue weighted by Gasteiger charge is -2.35. The monoisotopic (exact) mass is 354 g/mol. The van der Waals surface area contributed by atoms with Crippen molar-refractivity contribution in [1.82, 2.24) is 10.2 Å². The Labute approximate surface area is 146 Å². The first-order valence-electron chi connectivity index (χ1n) is 8.62. The van der Waals surface area contributed by atoms with Crippen molar-refractivity contribution in [3.8, 4) is 5.75 Å². The number of nitrogens with one attached hydrogen (secondary N) is 1. The predicted molar refractivity (Wildman–Crippen MR) is 88.2 cm³/mol. The Bertz CT molecular complexity index is 614. The molecule has 1 saturated carbocycles. The summed E-state index contributed by atoms with van der Waals surface area (Å²) in [4.78, 5) is 13.5. The molecule has 0 radical (unpaired) electrons. The molecule has 1 amide bonds. The molecule has 1 heterocycles. The third-order valence-corrected chi connectivity index (χ3v) is 5.19. The van der Waals surface area contributed by atoms with Gasteiger partial charge in [-0.2, -0.15) is 8.78 Å². The molecule has 0 spiro atoms. The summed E-state index contributed by atoms with van der Waals surface area (Å²) in [5.41, 5.74) is 0.736. The lowest BCUT2D eigenvalue weighted by Crippen LogP contribution is -2.48. The molecule has 3 rings (SSSR count). The average Bonchev–Trinajstić information content (AvgIpc) is 2.90. The second kappa shape index (κ2) is 7.66. The number of carbonyl (C=O) groups is 1. The van der Waals surface area contributed by atoms with E-state index in [1.54, 1.807) is 18.2 Å². The SMILES string of the molecule is CC(=O)N[C@@H]1C[C@@H]2CN(Cc3ccccc3OC(F)F)C[C@@H]2C[C@H]1O. The summed E-state index contributed by atoms with van der Waals surface area (Å²) in [5, 5.41) is 13.1. The van der Waals surface area contributed by atoms with Crippen molar-refractivity contribution in [2.75, 3.05) is 13.1 Å². The van der Waals surface area contributed by atoms with Crippen LogP contribution in [0.4, 0.5) is 8.78 Å². The van der Waals surface area contributed by atoms with Crippen LogP contribution in [0.3, 0.4) is 0 Å². The standard InChI is InChI=1S/C18H24F2N2O3/c1-11(23)21-15-6-13-9-22(10-14(13)7-16(15)24)8-12-4-2-3-5-17(12)25-18(19)20/h2-5,13-16,18,24H,6-10H2,1H3,(H,21,23)/t13-,14+,15-,16-/m1/s1. The molecule has 0 unspecified atom stereocenters. The minimum Gasteiger partial charge on any atom is -0.434 e. The van der Waals surface area contributed by atoms with Crippen LogP contribution < -0.4 is 10.1 Å². The van der Waals surface area contributed by atoms with Crippen molar-refractivity contribution in [2.24, 2.45) is 11.8 Å². The number of aliphatic hydroxyl groups is 1. The average molecular weight is 354 g/mol. The molecular formula is C18H24F2N2O3. The molecule has 138 valence electrons. The fourth-order valence-corrected chi connectivity index (χ4v) is 4.16. The molecule has 0 bridgehead atoms. The number of hydrogen-bond acceptors (Lipinski definition) is 4. The Balaban J connectivity index is 1.63. The summed E-state index contributed by atoms with van der Waals surface area (Å²) >= 11 is 0. The van der Waals surface area contributed by atoms with Gasteiger partial charge < -0.3 is 15.2 Å². The fourth-order valence-electron chi connectivity index (χ4n) is 4.16. The maximum atomic E-state index is 12.5. The Morgan fingerprint density at radius 2 is 2.00 bits per heavy atom. The minimum absolute atomic E-state index is 0.129. The third kappa shape index (κ3) is 4.46. The molecule has 2 N–H and O–H groups in total. The Morgan fingerprint density at radius 3 is 2.68 bits per heavy atom. The Kier molecular flexibility index (Phi) is 5.54. The van der Waals surface area contributed by atoms with E-state index < -0.39 is 12.7 Å². The highest BCUT2D eigenvalue weighted by Gasteiger charge is 2.41. The molecule has 5 nitrogen and oxygen atoms in total. The number of carbonyl (C=O) groups excluding carboxylic acids is 1. The van der Waals surface area contributed by atoms with Gasteiger partial charge >= 0.3 is 6.61 Å². The second-order valence-electron chi connectivity index (χ2n) is 7.05. The van der Waals surface area contributed by atoms with E-state index >= 15 is 0 Å². The summed E-state index contributed by atoms with van der Waals surface area (Å²) in [6.45, 7) is 0.806. The van der Waals surface area contributed by atoms with Gasteiger partial charge in [-0.1, -0.05) is 18.2 Å². The number of rotatable bonds is 5. The highest BCUT2D eigenvalue weighted by Crippen LogP contribution is 2.37. The van der Waals surface area contributed by atoms with E-state index in [0.717, 1.165) is 25.1 Å². The molecule has 4 atom stereocenters. The number of amides is 1. The van der Waals surface area contributed by atoms with Crippen LogP contribution >= 0.6 is 0 Å². The fraction of sp³-hybridized carbons (Fsp3) is 0.611. The zero-order valence-corrected chi connectivity index (χ0v) is 14.2. The maximum absolute atomic E-state index is 12.5. The second-order valence-corrected chi connectivity index (χ2v) is 7.05. The van der Waals surface area contributed by atoms with E-state index in [1.165, 1.54) is 6.92 Å². The summed E-state index contributed by atoms with van der Waals surface area (Å²) in [6.07, 6.45) is 0.873. The quantitative estimate of drug-likeness (QED) is 0.849. The van der Waals surface area contributed by atoms with Gasteiger partial charge in [0.2, 0.25) is 5.91 Å². The normalized spacial score (nSPS) is 29.5. The minimum atomic E-state index is -2.84. The van der Waals surface area contributed by atoms with Gasteiger partial charge in [-0.15, -0.1) is 0 Å². The molecule has 1 saturated heterocycles. The largest absolute Gasteiger partial charge is 0.434 e. The lowest BCUT2D eigenvalue weighted by molar-refractivity contribution is -0.121. The van der Waals surface area contributed by atoms with E-state index in [-0.39, 0.29) is 17.7 Å². The van der Waals surface area contributed by atoms with E-state index in [0.29, 0.717) is 24.8 Å². The van der Waals surface area contributed by atoms with Crippen LogP contribution in [0.25, 0.3) is 0 Å². The van der Waals surface area contributed by atoms with Gasteiger partial charge in [-0.25, -0.2) is 0 Å². The molecular weight excluding hydrogens is 330 g/mol. The van der Waals surface area contributed by atoms with E-state index in [2.05, 4.69) is 15.0 Å². The van der Waals surface area contributed by atoms with Crippen molar-refractivity contribution >= 4 is 5.91 Å². The van der Waals surface area contributed by atoms with Gasteiger partial charge in [0.1, 0.15) is 5.75 Å². The Morgan fingerprint density at radius 1 is 1.32 bits per heavy atom. The summed E-state index contributed by atoms with van der Waals surface area (Å²) in [7, 11) is 0. The van der Waals surface area contributed by atoms with Crippen molar-refractivity contribution in [2.45, 2.75) is 45.1 Å². The van der Waals surface area contributed by atoms with Crippen molar-refractivity contribution in [3.05, 3.63) is 29.8 Å². The van der Waals surface area contributed by atoms with Crippen LogP contribution in [0, 0.1) is 11.8 Å². The molecule has 1 aliphatic carbocycles. The van der Waals surface area contributed by atoms with Gasteiger partial charge in [-0.05, 0) is 30.7 Å². The van der Waals surface area contributed by atoms with E-state index in [1.807, 2.05) is 6.07 Å². The Hall–Kier alpha value is -1.73. The number of benzene rings is 1. The van der Waals surface area contributed by atoms with Crippen molar-refractivity contribution in [1.29, 1.82) is 0 Å². The topological polar surface area (TPSA) is 61.8 Å². The molecule has 2 aliphatic rings. The summed E-state index contributed by atoms with van der Waals surface area (Å²) in [5.74, 6) is 0.838. The van der Waals surface area contributed by atoms with E-state index in [9.17, 15) is 18.7 Å². The first kappa shape index (κ1) is 18.1. The third-order valence-electron chi connectivity index (χ3n) is 5.19. The van der Waals surface area contributed by atoms with Crippen LogP contribution in [0.1, 0.15) is 25.3 Å². The zero-order valence-electron chi connectivity index (χ0n) is 14.2. The number of nitrogens with zero attached hydrogens (tertiary/aromatic N) is 1. The van der Waals surface area contributed by atoms with Crippen molar-refractivity contribution in [3.63, 3.8) is 0 Å². The van der Waals surface area contributed by atoms with Gasteiger partial charge in [0.25, 0.3) is 0 Å². The van der Waals surface area contributed by atoms with Gasteiger partial charge in [0.15, 0.2) is 0 Å². The highest BCUT2D eigenvalue weighted by molar-refractivity contribution is 5.73. The smallest absolute Gasteiger partial charge is 0.387 e. The van der Waals surface area contributed by atoms with Crippen molar-refractivity contribution < 1.29 is 23.4 Å². The van der Waals surface area contributed by atoms with Crippen LogP contribution in [0.2, 0.25) is 0 Å². The number of ether oxygens (including phenoxy) is 1. The van der Waals surface area contributed by atoms with Gasteiger partial charge in [0.05, 0.1) is 12.1 Å². The van der Waals surface area contributed by atoms with Gasteiger partial charge in [0, 0.05) is 32.1 Å². The molecule has 25 heavy (non-hydrogen) atoms. The van der Waals surface area contributed by atoms with Gasteiger partial charge in [-0.3, -0.25) is 9.69 Å².